The summed E-state index contributed by atoms with van der Waals surface area (Å²) in [5.74, 6) is 1.68. The van der Waals surface area contributed by atoms with Gasteiger partial charge in [0.1, 0.15) is 11.5 Å². The van der Waals surface area contributed by atoms with E-state index in [4.69, 9.17) is 14.2 Å². The Morgan fingerprint density at radius 2 is 2.08 bits per heavy atom. The molecule has 0 radical (unpaired) electrons. The van der Waals surface area contributed by atoms with Crippen molar-refractivity contribution in [3.05, 3.63) is 23.8 Å². The molecule has 1 aromatic carbocycles. The van der Waals surface area contributed by atoms with E-state index in [9.17, 15) is 4.79 Å². The molecule has 1 atom stereocenters. The summed E-state index contributed by atoms with van der Waals surface area (Å²) in [6, 6.07) is 5.77. The van der Waals surface area contributed by atoms with Gasteiger partial charge in [0, 0.05) is 25.8 Å². The summed E-state index contributed by atoms with van der Waals surface area (Å²) in [6.45, 7) is 2.37. The zero-order chi connectivity index (χ0) is 16.7. The molecule has 1 heterocycles. The van der Waals surface area contributed by atoms with Gasteiger partial charge in [-0.2, -0.15) is 0 Å². The van der Waals surface area contributed by atoms with Crippen molar-refractivity contribution in [1.29, 1.82) is 0 Å². The minimum absolute atomic E-state index is 0. The molecule has 24 heavy (non-hydrogen) atoms. The number of methoxy groups -OCH3 is 3. The fraction of sp³-hybridized carbons (Fsp3) is 0.588. The van der Waals surface area contributed by atoms with Crippen molar-refractivity contribution in [1.82, 2.24) is 10.2 Å². The monoisotopic (exact) mass is 358 g/mol. The molecule has 6 nitrogen and oxygen atoms in total. The zero-order valence-corrected chi connectivity index (χ0v) is 15.4. The lowest BCUT2D eigenvalue weighted by atomic mass is 10.0. The number of carbonyl (C=O) groups is 1. The molecule has 1 amide bonds. The van der Waals surface area contributed by atoms with Crippen molar-refractivity contribution < 1.29 is 19.0 Å². The number of ether oxygens (including phenoxy) is 3. The van der Waals surface area contributed by atoms with Gasteiger partial charge in [0.05, 0.1) is 33.4 Å². The zero-order valence-electron chi connectivity index (χ0n) is 14.5. The van der Waals surface area contributed by atoms with Crippen molar-refractivity contribution in [2.75, 3.05) is 47.6 Å². The van der Waals surface area contributed by atoms with E-state index in [1.165, 1.54) is 0 Å². The second-order valence-corrected chi connectivity index (χ2v) is 5.52. The van der Waals surface area contributed by atoms with Crippen LogP contribution in [-0.2, 0) is 9.53 Å². The lowest BCUT2D eigenvalue weighted by Gasteiger charge is -2.27. The first-order valence-electron chi connectivity index (χ1n) is 7.92. The number of likely N-dealkylation sites (tertiary alicyclic amines) is 1. The Kier molecular flexibility index (Phi) is 8.89. The Morgan fingerprint density at radius 3 is 2.75 bits per heavy atom. The van der Waals surface area contributed by atoms with Crippen LogP contribution in [0.5, 0.6) is 11.5 Å². The molecule has 2 rings (SSSR count). The molecular weight excluding hydrogens is 332 g/mol. The quantitative estimate of drug-likeness (QED) is 0.720. The van der Waals surface area contributed by atoms with Crippen molar-refractivity contribution in [3.63, 3.8) is 0 Å². The predicted octanol–water partition coefficient (Wildman–Crippen LogP) is 2.03. The van der Waals surface area contributed by atoms with Gasteiger partial charge in [-0.1, -0.05) is 0 Å². The summed E-state index contributed by atoms with van der Waals surface area (Å²) >= 11 is 0. The third kappa shape index (κ3) is 5.00. The summed E-state index contributed by atoms with van der Waals surface area (Å²) in [5, 5.41) is 3.11. The van der Waals surface area contributed by atoms with Crippen molar-refractivity contribution >= 4 is 18.3 Å². The maximum atomic E-state index is 12.5. The van der Waals surface area contributed by atoms with Gasteiger partial charge in [0.15, 0.2) is 0 Å². The van der Waals surface area contributed by atoms with Gasteiger partial charge in [0.2, 0.25) is 5.91 Å². The first-order chi connectivity index (χ1) is 11.2. The van der Waals surface area contributed by atoms with Crippen LogP contribution < -0.4 is 14.8 Å². The number of benzene rings is 1. The van der Waals surface area contributed by atoms with Gasteiger partial charge in [-0.15, -0.1) is 12.4 Å². The molecule has 1 N–H and O–H groups in total. The van der Waals surface area contributed by atoms with E-state index in [0.717, 1.165) is 36.4 Å². The third-order valence-electron chi connectivity index (χ3n) is 4.13. The summed E-state index contributed by atoms with van der Waals surface area (Å²) in [5.41, 5.74) is 1.01. The van der Waals surface area contributed by atoms with E-state index in [-0.39, 0.29) is 24.4 Å². The van der Waals surface area contributed by atoms with Crippen LogP contribution in [0.25, 0.3) is 0 Å². The highest BCUT2D eigenvalue weighted by atomic mass is 35.5. The van der Waals surface area contributed by atoms with Crippen LogP contribution in [0.2, 0.25) is 0 Å². The van der Waals surface area contributed by atoms with Crippen LogP contribution in [0.4, 0.5) is 0 Å². The highest BCUT2D eigenvalue weighted by Gasteiger charge is 2.31. The predicted molar refractivity (Wildman–Crippen MR) is 95.2 cm³/mol. The first-order valence-corrected chi connectivity index (χ1v) is 7.92. The molecule has 0 spiro atoms. The summed E-state index contributed by atoms with van der Waals surface area (Å²) in [4.78, 5) is 14.4. The van der Waals surface area contributed by atoms with Crippen LogP contribution in [-0.4, -0.2) is 58.4 Å². The first kappa shape index (κ1) is 20.5. The summed E-state index contributed by atoms with van der Waals surface area (Å²) in [6.07, 6.45) is 1.93. The Balaban J connectivity index is 0.00000288. The molecular formula is C17H27ClN2O4. The number of hydrogen-bond donors (Lipinski definition) is 1. The normalized spacial score (nSPS) is 16.6. The van der Waals surface area contributed by atoms with E-state index in [1.807, 2.05) is 23.1 Å². The van der Waals surface area contributed by atoms with Crippen molar-refractivity contribution in [2.45, 2.75) is 18.9 Å². The third-order valence-corrected chi connectivity index (χ3v) is 4.13. The van der Waals surface area contributed by atoms with Gasteiger partial charge < -0.3 is 24.4 Å². The summed E-state index contributed by atoms with van der Waals surface area (Å²) in [7, 11) is 4.94. The van der Waals surface area contributed by atoms with Crippen LogP contribution in [0.3, 0.4) is 0 Å². The minimum Gasteiger partial charge on any atom is -0.497 e. The molecule has 1 aromatic rings. The molecule has 1 aliphatic heterocycles. The van der Waals surface area contributed by atoms with Crippen LogP contribution in [0, 0.1) is 0 Å². The lowest BCUT2D eigenvalue weighted by molar-refractivity contribution is -0.131. The average Bonchev–Trinajstić information content (AvgIpc) is 3.07. The number of carbonyl (C=O) groups excluding carboxylic acids is 1. The molecule has 1 fully saturated rings. The average molecular weight is 359 g/mol. The molecule has 136 valence electrons. The van der Waals surface area contributed by atoms with E-state index < -0.39 is 0 Å². The smallest absolute Gasteiger partial charge is 0.237 e. The molecule has 0 bridgehead atoms. The molecule has 0 aromatic heterocycles. The van der Waals surface area contributed by atoms with Gasteiger partial charge >= 0.3 is 0 Å². The number of amides is 1. The largest absolute Gasteiger partial charge is 0.497 e. The maximum Gasteiger partial charge on any atom is 0.237 e. The Morgan fingerprint density at radius 1 is 1.29 bits per heavy atom. The fourth-order valence-electron chi connectivity index (χ4n) is 2.96. The summed E-state index contributed by atoms with van der Waals surface area (Å²) < 4.78 is 15.8. The Hall–Kier alpha value is -1.50. The second-order valence-electron chi connectivity index (χ2n) is 5.52. The number of nitrogens with one attached hydrogen (secondary N) is 1. The van der Waals surface area contributed by atoms with Gasteiger partial charge in [-0.05, 0) is 31.0 Å². The maximum absolute atomic E-state index is 12.5. The highest BCUT2D eigenvalue weighted by Crippen LogP contribution is 2.38. The van der Waals surface area contributed by atoms with Crippen LogP contribution >= 0.6 is 12.4 Å². The van der Waals surface area contributed by atoms with Gasteiger partial charge in [-0.25, -0.2) is 0 Å². The van der Waals surface area contributed by atoms with E-state index in [0.29, 0.717) is 19.7 Å². The fourth-order valence-corrected chi connectivity index (χ4v) is 2.96. The standard InChI is InChI=1S/C17H26N2O4.ClH/c1-21-10-8-18-12-17(20)19-9-4-5-15(19)14-11-13(22-2)6-7-16(14)23-3;/h6-7,11,15,18H,4-5,8-10,12H2,1-3H3;1H. The van der Waals surface area contributed by atoms with Gasteiger partial charge in [0.25, 0.3) is 0 Å². The van der Waals surface area contributed by atoms with Crippen LogP contribution in [0.1, 0.15) is 24.4 Å². The molecule has 0 aliphatic carbocycles. The van der Waals surface area contributed by atoms with Crippen molar-refractivity contribution in [2.24, 2.45) is 0 Å². The van der Waals surface area contributed by atoms with E-state index in [1.54, 1.807) is 21.3 Å². The van der Waals surface area contributed by atoms with E-state index >= 15 is 0 Å². The molecule has 1 unspecified atom stereocenters. The Labute approximate surface area is 149 Å². The van der Waals surface area contributed by atoms with Crippen LogP contribution in [0.15, 0.2) is 18.2 Å². The minimum atomic E-state index is 0. The second kappa shape index (κ2) is 10.4. The molecule has 0 saturated carbocycles. The highest BCUT2D eigenvalue weighted by molar-refractivity contribution is 5.85. The number of nitrogens with zero attached hydrogens (tertiary/aromatic N) is 1. The number of rotatable bonds is 8. The molecule has 1 aliphatic rings. The molecule has 7 heteroatoms. The number of hydrogen-bond acceptors (Lipinski definition) is 5. The topological polar surface area (TPSA) is 60.0 Å². The van der Waals surface area contributed by atoms with Crippen molar-refractivity contribution in [3.8, 4) is 11.5 Å². The Bertz CT molecular complexity index is 527. The SMILES string of the molecule is COCCNCC(=O)N1CCCC1c1cc(OC)ccc1OC.Cl. The lowest BCUT2D eigenvalue weighted by Crippen LogP contribution is -2.38. The number of halogens is 1. The van der Waals surface area contributed by atoms with E-state index in [2.05, 4.69) is 5.32 Å². The van der Waals surface area contributed by atoms with Gasteiger partial charge in [-0.3, -0.25) is 4.79 Å². The molecule has 1 saturated heterocycles.